The molecule has 5 aliphatic carbocycles. The van der Waals surface area contributed by atoms with E-state index >= 15 is 0 Å². The Bertz CT molecular complexity index is 883. The van der Waals surface area contributed by atoms with Crippen molar-refractivity contribution in [3.05, 3.63) is 12.2 Å². The molecule has 0 bridgehead atoms. The van der Waals surface area contributed by atoms with Crippen molar-refractivity contribution in [1.82, 2.24) is 0 Å². The molecular weight excluding hydrogens is 424 g/mol. The Morgan fingerprint density at radius 3 is 2.21 bits per heavy atom. The summed E-state index contributed by atoms with van der Waals surface area (Å²) in [6.45, 7) is 16.2. The van der Waals surface area contributed by atoms with Gasteiger partial charge in [0.05, 0.1) is 18.1 Å². The molecule has 5 fully saturated rings. The summed E-state index contributed by atoms with van der Waals surface area (Å²) in [5.74, 6) is 1.30. The van der Waals surface area contributed by atoms with Gasteiger partial charge in [0, 0.05) is 5.41 Å². The zero-order valence-corrected chi connectivity index (χ0v) is 22.2. The van der Waals surface area contributed by atoms with Crippen LogP contribution in [0.25, 0.3) is 0 Å². The third kappa shape index (κ3) is 2.76. The molecule has 0 saturated heterocycles. The van der Waals surface area contributed by atoms with Crippen molar-refractivity contribution in [2.24, 2.45) is 56.7 Å². The Hall–Kier alpha value is -0.870. The maximum atomic E-state index is 12.8. The van der Waals surface area contributed by atoms with E-state index in [-0.39, 0.29) is 28.8 Å². The lowest BCUT2D eigenvalue weighted by Crippen LogP contribution is -2.67. The van der Waals surface area contributed by atoms with Gasteiger partial charge in [0.15, 0.2) is 0 Å². The van der Waals surface area contributed by atoms with Crippen LogP contribution in [0, 0.1) is 56.7 Å². The lowest BCUT2D eigenvalue weighted by Gasteiger charge is -2.72. The van der Waals surface area contributed by atoms with Crippen LogP contribution < -0.4 is 0 Å². The van der Waals surface area contributed by atoms with E-state index in [0.29, 0.717) is 23.7 Å². The molecule has 5 rings (SSSR count). The lowest BCUT2D eigenvalue weighted by molar-refractivity contribution is -0.254. The number of aliphatic hydroxyl groups excluding tert-OH is 2. The van der Waals surface area contributed by atoms with E-state index in [0.717, 1.165) is 64.2 Å². The van der Waals surface area contributed by atoms with Crippen LogP contribution in [0.2, 0.25) is 0 Å². The number of aliphatic hydroxyl groups is 2. The van der Waals surface area contributed by atoms with E-state index in [1.54, 1.807) is 0 Å². The highest BCUT2D eigenvalue weighted by Gasteiger charge is 2.72. The Morgan fingerprint density at radius 2 is 1.59 bits per heavy atom. The molecule has 0 radical (unpaired) electrons. The van der Waals surface area contributed by atoms with Crippen LogP contribution in [0.5, 0.6) is 0 Å². The van der Waals surface area contributed by atoms with Gasteiger partial charge in [-0.25, -0.2) is 0 Å². The fraction of sp³-hybridized carbons (Fsp3) is 0.900. The number of hydrogen-bond donors (Lipinski definition) is 3. The first-order chi connectivity index (χ1) is 15.8. The first-order valence-electron chi connectivity index (χ1n) is 14.0. The van der Waals surface area contributed by atoms with Crippen LogP contribution >= 0.6 is 0 Å². The van der Waals surface area contributed by atoms with Crippen molar-refractivity contribution in [1.29, 1.82) is 0 Å². The Morgan fingerprint density at radius 1 is 0.882 bits per heavy atom. The Labute approximate surface area is 206 Å². The number of fused-ring (bicyclic) bond motifs is 7. The van der Waals surface area contributed by atoms with Crippen LogP contribution in [-0.2, 0) is 4.79 Å². The molecule has 5 saturated carbocycles. The summed E-state index contributed by atoms with van der Waals surface area (Å²) in [5, 5.41) is 31.8. The molecule has 4 heteroatoms. The molecule has 0 heterocycles. The third-order valence-corrected chi connectivity index (χ3v) is 13.6. The molecular formula is C30H48O4. The van der Waals surface area contributed by atoms with Crippen LogP contribution in [0.1, 0.15) is 98.8 Å². The number of carbonyl (C=O) groups is 1. The van der Waals surface area contributed by atoms with Gasteiger partial charge < -0.3 is 15.3 Å². The van der Waals surface area contributed by atoms with Crippen molar-refractivity contribution in [3.63, 3.8) is 0 Å². The van der Waals surface area contributed by atoms with E-state index in [1.807, 2.05) is 0 Å². The van der Waals surface area contributed by atoms with Gasteiger partial charge in [0.2, 0.25) is 0 Å². The molecule has 0 spiro atoms. The van der Waals surface area contributed by atoms with E-state index in [4.69, 9.17) is 0 Å². The van der Waals surface area contributed by atoms with Gasteiger partial charge in [-0.2, -0.15) is 0 Å². The van der Waals surface area contributed by atoms with Crippen molar-refractivity contribution < 1.29 is 20.1 Å². The number of hydrogen-bond acceptors (Lipinski definition) is 3. The standard InChI is InChI=1S/C30H48O4/c1-18(2)19-9-14-30(25(33)34)16-15-28(5)20(24(19)30)7-8-22-26(3)12-11-23(32)27(4,17-31)21(26)10-13-29(22,28)6/h19-24,31-32H,1,7-17H2,2-6H3,(H,33,34)/t19-,20-,21-,22+,23+,24+,26+,27-,28-,29+,30-/m0/s1. The number of aliphatic carboxylic acids is 1. The average Bonchev–Trinajstić information content (AvgIpc) is 3.18. The molecule has 4 nitrogen and oxygen atoms in total. The molecule has 3 N–H and O–H groups in total. The summed E-state index contributed by atoms with van der Waals surface area (Å²) in [4.78, 5) is 12.8. The highest BCUT2D eigenvalue weighted by atomic mass is 16.4. The molecule has 0 aromatic carbocycles. The maximum absolute atomic E-state index is 12.8. The summed E-state index contributed by atoms with van der Waals surface area (Å²) >= 11 is 0. The summed E-state index contributed by atoms with van der Waals surface area (Å²) in [6.07, 6.45) is 9.43. The second-order valence-electron chi connectivity index (χ2n) is 14.4. The predicted octanol–water partition coefficient (Wildman–Crippen LogP) is 6.06. The number of carboxylic acids is 1. The topological polar surface area (TPSA) is 77.8 Å². The SMILES string of the molecule is C=C(C)[C@@H]1CC[C@]2(C(=O)O)CC[C@@]3(C)[C@@H](CC[C@@H]4[C@]5(C)CC[C@@H](O)[C@@](C)(CO)[C@H]5CC[C@]43C)[C@@H]12. The molecule has 5 aliphatic rings. The zero-order chi connectivity index (χ0) is 24.9. The summed E-state index contributed by atoms with van der Waals surface area (Å²) in [7, 11) is 0. The molecule has 0 unspecified atom stereocenters. The van der Waals surface area contributed by atoms with Gasteiger partial charge in [0.1, 0.15) is 0 Å². The smallest absolute Gasteiger partial charge is 0.309 e. The first-order valence-corrected chi connectivity index (χ1v) is 14.0. The fourth-order valence-corrected chi connectivity index (χ4v) is 11.5. The minimum atomic E-state index is -0.567. The normalized spacial score (nSPS) is 56.6. The minimum absolute atomic E-state index is 0.0568. The monoisotopic (exact) mass is 472 g/mol. The van der Waals surface area contributed by atoms with Gasteiger partial charge in [-0.3, -0.25) is 4.79 Å². The quantitative estimate of drug-likeness (QED) is 0.436. The van der Waals surface area contributed by atoms with E-state index in [1.165, 1.54) is 5.57 Å². The predicted molar refractivity (Wildman–Crippen MR) is 134 cm³/mol. The molecule has 0 aromatic heterocycles. The largest absolute Gasteiger partial charge is 0.481 e. The van der Waals surface area contributed by atoms with Gasteiger partial charge in [-0.05, 0) is 117 Å². The molecule has 0 amide bonds. The van der Waals surface area contributed by atoms with Gasteiger partial charge in [-0.1, -0.05) is 39.8 Å². The van der Waals surface area contributed by atoms with Crippen molar-refractivity contribution in [3.8, 4) is 0 Å². The Kier molecular flexibility index (Phi) is 5.52. The van der Waals surface area contributed by atoms with Gasteiger partial charge in [0.25, 0.3) is 0 Å². The fourth-order valence-electron chi connectivity index (χ4n) is 11.5. The summed E-state index contributed by atoms with van der Waals surface area (Å²) in [6, 6.07) is 0. The van der Waals surface area contributed by atoms with Crippen LogP contribution in [0.4, 0.5) is 0 Å². The molecule has 11 atom stereocenters. The first kappa shape index (κ1) is 24.8. The third-order valence-electron chi connectivity index (χ3n) is 13.6. The molecule has 0 aliphatic heterocycles. The average molecular weight is 473 g/mol. The van der Waals surface area contributed by atoms with Crippen molar-refractivity contribution >= 4 is 5.97 Å². The highest BCUT2D eigenvalue weighted by molar-refractivity contribution is 5.76. The van der Waals surface area contributed by atoms with Gasteiger partial charge in [-0.15, -0.1) is 0 Å². The number of rotatable bonds is 3. The molecule has 34 heavy (non-hydrogen) atoms. The summed E-state index contributed by atoms with van der Waals surface area (Å²) < 4.78 is 0. The molecule has 0 aromatic rings. The highest BCUT2D eigenvalue weighted by Crippen LogP contribution is 2.77. The van der Waals surface area contributed by atoms with E-state index in [9.17, 15) is 20.1 Å². The second-order valence-corrected chi connectivity index (χ2v) is 14.4. The van der Waals surface area contributed by atoms with Crippen LogP contribution in [0.3, 0.4) is 0 Å². The minimum Gasteiger partial charge on any atom is -0.481 e. The van der Waals surface area contributed by atoms with Crippen LogP contribution in [0.15, 0.2) is 12.2 Å². The second kappa shape index (κ2) is 7.57. The van der Waals surface area contributed by atoms with Crippen molar-refractivity contribution in [2.75, 3.05) is 6.61 Å². The molecule has 192 valence electrons. The van der Waals surface area contributed by atoms with Gasteiger partial charge >= 0.3 is 5.97 Å². The Balaban J connectivity index is 1.56. The van der Waals surface area contributed by atoms with Crippen molar-refractivity contribution in [2.45, 2.75) is 105 Å². The maximum Gasteiger partial charge on any atom is 0.309 e. The number of allylic oxidation sites excluding steroid dienone is 1. The number of carboxylic acid groups (broad SMARTS) is 1. The van der Waals surface area contributed by atoms with Crippen LogP contribution in [-0.4, -0.2) is 34.0 Å². The summed E-state index contributed by atoms with van der Waals surface area (Å²) in [5.41, 5.74) is 0.586. The van der Waals surface area contributed by atoms with E-state index < -0.39 is 22.9 Å². The van der Waals surface area contributed by atoms with E-state index in [2.05, 4.69) is 41.2 Å². The lowest BCUT2D eigenvalue weighted by atomic mass is 9.32. The zero-order valence-electron chi connectivity index (χ0n) is 22.2.